The van der Waals surface area contributed by atoms with Crippen LogP contribution in [-0.4, -0.2) is 80.0 Å². The number of thioether (sulfide) groups is 1. The van der Waals surface area contributed by atoms with Crippen LogP contribution in [0.25, 0.3) is 0 Å². The third kappa shape index (κ3) is 9.23. The monoisotopic (exact) mass is 520 g/mol. The van der Waals surface area contributed by atoms with Crippen molar-refractivity contribution < 1.29 is 29.4 Å². The van der Waals surface area contributed by atoms with Gasteiger partial charge in [-0.2, -0.15) is 11.8 Å². The summed E-state index contributed by atoms with van der Waals surface area (Å²) < 4.78 is 0. The summed E-state index contributed by atoms with van der Waals surface area (Å²) in [7, 11) is 0. The number of carboxylic acids is 1. The van der Waals surface area contributed by atoms with Gasteiger partial charge < -0.3 is 36.9 Å². The number of benzene rings is 1. The Morgan fingerprint density at radius 2 is 1.61 bits per heavy atom. The number of hydrogen-bond donors (Lipinski definition) is 7. The summed E-state index contributed by atoms with van der Waals surface area (Å²) in [6.45, 7) is 1.49. The number of amides is 3. The van der Waals surface area contributed by atoms with Crippen molar-refractivity contribution in [3.63, 3.8) is 0 Å². The van der Waals surface area contributed by atoms with Gasteiger partial charge in [0.05, 0.1) is 12.4 Å². The highest BCUT2D eigenvalue weighted by molar-refractivity contribution is 7.98. The molecule has 4 unspecified atom stereocenters. The van der Waals surface area contributed by atoms with E-state index in [2.05, 4.69) is 25.9 Å². The molecule has 1 heterocycles. The number of aromatic amines is 1. The van der Waals surface area contributed by atoms with Gasteiger partial charge in [0, 0.05) is 24.7 Å². The Labute approximate surface area is 212 Å². The number of aromatic nitrogens is 2. The van der Waals surface area contributed by atoms with Crippen LogP contribution in [0.1, 0.15) is 24.6 Å². The van der Waals surface area contributed by atoms with E-state index in [9.17, 15) is 29.4 Å². The topological polar surface area (TPSA) is 200 Å². The molecule has 3 amide bonds. The summed E-state index contributed by atoms with van der Waals surface area (Å²) in [6, 6.07) is 1.85. The first-order valence-corrected chi connectivity index (χ1v) is 12.6. The molecule has 12 nitrogen and oxygen atoms in total. The summed E-state index contributed by atoms with van der Waals surface area (Å²) in [6.07, 6.45) is 4.99. The number of phenolic OH excluding ortho intramolecular Hbond substituents is 1. The van der Waals surface area contributed by atoms with Crippen LogP contribution in [0.5, 0.6) is 5.75 Å². The van der Waals surface area contributed by atoms with Crippen LogP contribution in [0.2, 0.25) is 0 Å². The van der Waals surface area contributed by atoms with E-state index in [-0.39, 0.29) is 18.6 Å². The lowest BCUT2D eigenvalue weighted by atomic mass is 10.0. The Morgan fingerprint density at radius 3 is 2.17 bits per heavy atom. The number of carbonyl (C=O) groups excluding carboxylic acids is 3. The maximum Gasteiger partial charge on any atom is 0.326 e. The second-order valence-corrected chi connectivity index (χ2v) is 9.23. The lowest BCUT2D eigenvalue weighted by Crippen LogP contribution is -2.57. The number of nitrogens with one attached hydrogen (secondary N) is 4. The third-order valence-electron chi connectivity index (χ3n) is 5.26. The Morgan fingerprint density at radius 1 is 1.00 bits per heavy atom. The number of H-pyrrole nitrogens is 1. The number of aromatic hydroxyl groups is 1. The summed E-state index contributed by atoms with van der Waals surface area (Å²) in [5.74, 6) is -2.49. The van der Waals surface area contributed by atoms with Crippen LogP contribution in [0.15, 0.2) is 36.8 Å². The van der Waals surface area contributed by atoms with Crippen molar-refractivity contribution in [3.05, 3.63) is 48.0 Å². The Bertz CT molecular complexity index is 1010. The standard InChI is InChI=1S/C23H32N6O6S/c1-13(24)20(31)27-17(7-8-36-2)21(32)28-18(9-14-3-5-16(30)6-4-14)22(33)29-19(23(34)35)10-15-11-25-12-26-15/h3-6,11-13,17-19,30H,7-10,24H2,1-2H3,(H,25,26)(H,27,31)(H,28,32)(H,29,33)(H,34,35). The van der Waals surface area contributed by atoms with E-state index in [0.29, 0.717) is 23.4 Å². The van der Waals surface area contributed by atoms with Gasteiger partial charge in [0.2, 0.25) is 17.7 Å². The summed E-state index contributed by atoms with van der Waals surface area (Å²) in [4.78, 5) is 56.9. The van der Waals surface area contributed by atoms with E-state index >= 15 is 0 Å². The van der Waals surface area contributed by atoms with Crippen LogP contribution in [0, 0.1) is 0 Å². The van der Waals surface area contributed by atoms with Crippen LogP contribution < -0.4 is 21.7 Å². The largest absolute Gasteiger partial charge is 0.508 e. The number of rotatable bonds is 14. The second kappa shape index (κ2) is 14.1. The minimum Gasteiger partial charge on any atom is -0.508 e. The zero-order valence-corrected chi connectivity index (χ0v) is 20.9. The molecule has 0 fully saturated rings. The van der Waals surface area contributed by atoms with E-state index in [1.807, 2.05) is 6.26 Å². The van der Waals surface area contributed by atoms with Crippen LogP contribution in [0.3, 0.4) is 0 Å². The summed E-state index contributed by atoms with van der Waals surface area (Å²) in [5, 5.41) is 26.9. The van der Waals surface area contributed by atoms with Crippen molar-refractivity contribution in [2.45, 2.75) is 50.4 Å². The molecule has 1 aromatic carbocycles. The zero-order valence-electron chi connectivity index (χ0n) is 20.1. The normalized spacial score (nSPS) is 14.2. The predicted octanol–water partition coefficient (Wildman–Crippen LogP) is -0.460. The van der Waals surface area contributed by atoms with Crippen LogP contribution >= 0.6 is 11.8 Å². The molecular weight excluding hydrogens is 488 g/mol. The summed E-state index contributed by atoms with van der Waals surface area (Å²) >= 11 is 1.49. The van der Waals surface area contributed by atoms with Gasteiger partial charge in [0.1, 0.15) is 23.9 Å². The smallest absolute Gasteiger partial charge is 0.326 e. The number of phenols is 1. The van der Waals surface area contributed by atoms with Crippen molar-refractivity contribution in [1.82, 2.24) is 25.9 Å². The average molecular weight is 521 g/mol. The first kappa shape index (κ1) is 28.7. The molecule has 8 N–H and O–H groups in total. The van der Waals surface area contributed by atoms with Gasteiger partial charge in [-0.05, 0) is 43.0 Å². The molecule has 0 bridgehead atoms. The van der Waals surface area contributed by atoms with Gasteiger partial charge in [-0.25, -0.2) is 9.78 Å². The van der Waals surface area contributed by atoms with E-state index in [0.717, 1.165) is 0 Å². The van der Waals surface area contributed by atoms with E-state index in [4.69, 9.17) is 5.73 Å². The molecule has 1 aromatic heterocycles. The van der Waals surface area contributed by atoms with Gasteiger partial charge in [-0.15, -0.1) is 0 Å². The zero-order chi connectivity index (χ0) is 26.7. The molecule has 0 saturated heterocycles. The molecule has 0 aliphatic heterocycles. The minimum absolute atomic E-state index is 0.0186. The van der Waals surface area contributed by atoms with Gasteiger partial charge in [0.15, 0.2) is 0 Å². The number of carboxylic acid groups (broad SMARTS) is 1. The maximum absolute atomic E-state index is 13.2. The molecule has 0 aliphatic carbocycles. The SMILES string of the molecule is CSCCC(NC(=O)C(C)N)C(=O)NC(Cc1ccc(O)cc1)C(=O)NC(Cc1cnc[nH]1)C(=O)O. The lowest BCUT2D eigenvalue weighted by Gasteiger charge is -2.25. The molecule has 0 saturated carbocycles. The number of carbonyl (C=O) groups is 4. The highest BCUT2D eigenvalue weighted by Crippen LogP contribution is 2.12. The number of imidazole rings is 1. The molecule has 2 rings (SSSR count). The first-order chi connectivity index (χ1) is 17.1. The van der Waals surface area contributed by atoms with Crippen molar-refractivity contribution in [3.8, 4) is 5.75 Å². The van der Waals surface area contributed by atoms with Gasteiger partial charge in [0.25, 0.3) is 0 Å². The van der Waals surface area contributed by atoms with Gasteiger partial charge in [-0.3, -0.25) is 14.4 Å². The summed E-state index contributed by atoms with van der Waals surface area (Å²) in [5.41, 5.74) is 6.75. The van der Waals surface area contributed by atoms with Crippen molar-refractivity contribution in [1.29, 1.82) is 0 Å². The lowest BCUT2D eigenvalue weighted by molar-refractivity contribution is -0.142. The van der Waals surface area contributed by atoms with Crippen LogP contribution in [0.4, 0.5) is 0 Å². The highest BCUT2D eigenvalue weighted by Gasteiger charge is 2.30. The molecule has 196 valence electrons. The predicted molar refractivity (Wildman–Crippen MR) is 134 cm³/mol. The molecule has 13 heteroatoms. The molecular formula is C23H32N6O6S. The number of nitrogens with two attached hydrogens (primary N) is 1. The molecule has 36 heavy (non-hydrogen) atoms. The fraction of sp³-hybridized carbons (Fsp3) is 0.435. The van der Waals surface area contributed by atoms with Crippen molar-refractivity contribution in [2.75, 3.05) is 12.0 Å². The second-order valence-electron chi connectivity index (χ2n) is 8.24. The number of nitrogens with zero attached hydrogens (tertiary/aromatic N) is 1. The highest BCUT2D eigenvalue weighted by atomic mass is 32.2. The third-order valence-corrected chi connectivity index (χ3v) is 5.90. The fourth-order valence-electron chi connectivity index (χ4n) is 3.25. The average Bonchev–Trinajstić information content (AvgIpc) is 3.35. The Hall–Kier alpha value is -3.58. The Balaban J connectivity index is 2.23. The van der Waals surface area contributed by atoms with Crippen molar-refractivity contribution in [2.24, 2.45) is 5.73 Å². The first-order valence-electron chi connectivity index (χ1n) is 11.2. The Kier molecular flexibility index (Phi) is 11.2. The quantitative estimate of drug-likeness (QED) is 0.172. The molecule has 4 atom stereocenters. The van der Waals surface area contributed by atoms with Gasteiger partial charge >= 0.3 is 5.97 Å². The maximum atomic E-state index is 13.2. The van der Waals surface area contributed by atoms with Gasteiger partial charge in [-0.1, -0.05) is 12.1 Å². The fourth-order valence-corrected chi connectivity index (χ4v) is 3.72. The minimum atomic E-state index is -1.28. The molecule has 0 aliphatic rings. The number of hydrogen-bond acceptors (Lipinski definition) is 8. The van der Waals surface area contributed by atoms with E-state index in [1.54, 1.807) is 12.1 Å². The van der Waals surface area contributed by atoms with Crippen molar-refractivity contribution >= 4 is 35.5 Å². The van der Waals surface area contributed by atoms with E-state index in [1.165, 1.54) is 43.3 Å². The number of aliphatic carboxylic acids is 1. The molecule has 0 spiro atoms. The molecule has 2 aromatic rings. The molecule has 0 radical (unpaired) electrons. The van der Waals surface area contributed by atoms with Crippen LogP contribution in [-0.2, 0) is 32.0 Å². The van der Waals surface area contributed by atoms with E-state index < -0.39 is 47.9 Å².